The molecule has 1 aliphatic heterocycles. The molecule has 1 unspecified atom stereocenters. The largest absolute Gasteiger partial charge is 0.414 e. The summed E-state index contributed by atoms with van der Waals surface area (Å²) in [5, 5.41) is 9.33. The molecule has 22 heavy (non-hydrogen) atoms. The summed E-state index contributed by atoms with van der Waals surface area (Å²) in [5.74, 6) is -0.706. The number of alkyl halides is 3. The Hall–Kier alpha value is -1.67. The van der Waals surface area contributed by atoms with Gasteiger partial charge in [0.2, 0.25) is 0 Å². The van der Waals surface area contributed by atoms with Crippen molar-refractivity contribution in [3.8, 4) is 0 Å². The lowest BCUT2D eigenvalue weighted by Gasteiger charge is -2.34. The van der Waals surface area contributed by atoms with Gasteiger partial charge in [-0.15, -0.1) is 0 Å². The molecule has 5 nitrogen and oxygen atoms in total. The lowest BCUT2D eigenvalue weighted by molar-refractivity contribution is -0.223. The normalized spacial score (nSPS) is 19.6. The van der Waals surface area contributed by atoms with E-state index in [9.17, 15) is 18.3 Å². The van der Waals surface area contributed by atoms with Crippen molar-refractivity contribution in [2.45, 2.75) is 31.7 Å². The topological polar surface area (TPSA) is 53.7 Å². The number of aliphatic hydroxyl groups is 1. The molecule has 0 amide bonds. The van der Waals surface area contributed by atoms with Gasteiger partial charge in [0, 0.05) is 18.9 Å². The molecule has 2 aromatic heterocycles. The molecule has 3 rings (SSSR count). The van der Waals surface area contributed by atoms with Crippen LogP contribution in [0.4, 0.5) is 13.2 Å². The molecule has 1 aliphatic rings. The maximum Gasteiger partial charge on any atom is 0.414 e. The number of halogens is 3. The van der Waals surface area contributed by atoms with Crippen molar-refractivity contribution in [2.75, 3.05) is 13.1 Å². The molecule has 0 bridgehead atoms. The number of hydrogen-bond acceptors (Lipinski definition) is 4. The number of fused-ring (bicyclic) bond motifs is 1. The number of likely N-dealkylation sites (tertiary alicyclic amines) is 1. The minimum Gasteiger partial charge on any atom is -0.383 e. The minimum absolute atomic E-state index is 0.346. The Balaban J connectivity index is 1.60. The number of nitrogens with zero attached hydrogens (tertiary/aromatic N) is 4. The summed E-state index contributed by atoms with van der Waals surface area (Å²) >= 11 is 0. The summed E-state index contributed by atoms with van der Waals surface area (Å²) in [6, 6.07) is 0. The van der Waals surface area contributed by atoms with Crippen molar-refractivity contribution in [2.24, 2.45) is 5.92 Å². The Morgan fingerprint density at radius 1 is 1.27 bits per heavy atom. The Bertz CT molecular complexity index is 634. The molecule has 2 aromatic rings. The smallest absolute Gasteiger partial charge is 0.383 e. The van der Waals surface area contributed by atoms with Crippen molar-refractivity contribution in [1.29, 1.82) is 0 Å². The molecule has 0 radical (unpaired) electrons. The van der Waals surface area contributed by atoms with Gasteiger partial charge in [-0.25, -0.2) is 4.98 Å². The molecule has 0 spiro atoms. The van der Waals surface area contributed by atoms with Crippen molar-refractivity contribution >= 4 is 5.65 Å². The Morgan fingerprint density at radius 3 is 2.68 bits per heavy atom. The lowest BCUT2D eigenvalue weighted by atomic mass is 9.91. The number of aliphatic hydroxyl groups excluding tert-OH is 1. The number of aromatic nitrogens is 3. The fourth-order valence-corrected chi connectivity index (χ4v) is 2.93. The molecule has 0 aliphatic carbocycles. The van der Waals surface area contributed by atoms with Crippen LogP contribution in [0.1, 0.15) is 18.5 Å². The van der Waals surface area contributed by atoms with Crippen molar-refractivity contribution in [3.63, 3.8) is 0 Å². The predicted octanol–water partition coefficient (Wildman–Crippen LogP) is 1.86. The summed E-state index contributed by atoms with van der Waals surface area (Å²) in [4.78, 5) is 10.3. The summed E-state index contributed by atoms with van der Waals surface area (Å²) in [5.41, 5.74) is 1.73. The van der Waals surface area contributed by atoms with E-state index < -0.39 is 18.2 Å². The highest BCUT2D eigenvalue weighted by atomic mass is 19.4. The van der Waals surface area contributed by atoms with Gasteiger partial charge in [-0.1, -0.05) is 0 Å². The quantitative estimate of drug-likeness (QED) is 0.940. The maximum atomic E-state index is 12.5. The molecule has 0 saturated carbocycles. The zero-order valence-electron chi connectivity index (χ0n) is 11.9. The standard InChI is InChI=1S/C14H17F3N4O/c15-14(16,17)13(22)10-1-4-20(5-2-10)9-11-7-19-12-8-18-3-6-21(11)12/h3,6-8,10,13,22H,1-2,4-5,9H2. The third-order valence-electron chi connectivity index (χ3n) is 4.19. The third-order valence-corrected chi connectivity index (χ3v) is 4.19. The number of imidazole rings is 1. The van der Waals surface area contributed by atoms with E-state index in [2.05, 4.69) is 14.9 Å². The van der Waals surface area contributed by atoms with E-state index in [1.807, 2.05) is 10.6 Å². The monoisotopic (exact) mass is 314 g/mol. The Morgan fingerprint density at radius 2 is 2.00 bits per heavy atom. The second-order valence-electron chi connectivity index (χ2n) is 5.65. The Kier molecular flexibility index (Phi) is 4.05. The zero-order valence-corrected chi connectivity index (χ0v) is 11.9. The third kappa shape index (κ3) is 3.07. The van der Waals surface area contributed by atoms with Crippen LogP contribution >= 0.6 is 0 Å². The number of rotatable bonds is 3. The van der Waals surface area contributed by atoms with Gasteiger partial charge in [0.25, 0.3) is 0 Å². The molecule has 1 saturated heterocycles. The van der Waals surface area contributed by atoms with Crippen LogP contribution in [0, 0.1) is 5.92 Å². The van der Waals surface area contributed by atoms with Crippen LogP contribution in [0.2, 0.25) is 0 Å². The van der Waals surface area contributed by atoms with E-state index in [1.165, 1.54) is 0 Å². The predicted molar refractivity (Wildman–Crippen MR) is 73.0 cm³/mol. The van der Waals surface area contributed by atoms with Crippen LogP contribution in [-0.2, 0) is 6.54 Å². The van der Waals surface area contributed by atoms with Gasteiger partial charge in [-0.05, 0) is 31.8 Å². The van der Waals surface area contributed by atoms with E-state index in [4.69, 9.17) is 0 Å². The Labute approximate surface area is 125 Å². The number of piperidine rings is 1. The van der Waals surface area contributed by atoms with Crippen LogP contribution in [-0.4, -0.2) is 49.7 Å². The van der Waals surface area contributed by atoms with Crippen LogP contribution in [0.5, 0.6) is 0 Å². The molecule has 0 aromatic carbocycles. The molecule has 1 N–H and O–H groups in total. The fraction of sp³-hybridized carbons (Fsp3) is 0.571. The van der Waals surface area contributed by atoms with Crippen LogP contribution in [0.3, 0.4) is 0 Å². The van der Waals surface area contributed by atoms with Crippen molar-refractivity contribution < 1.29 is 18.3 Å². The van der Waals surface area contributed by atoms with Gasteiger partial charge < -0.3 is 5.11 Å². The van der Waals surface area contributed by atoms with E-state index in [0.717, 1.165) is 11.3 Å². The highest BCUT2D eigenvalue weighted by Gasteiger charge is 2.44. The van der Waals surface area contributed by atoms with E-state index in [-0.39, 0.29) is 0 Å². The molecule has 3 heterocycles. The van der Waals surface area contributed by atoms with Gasteiger partial charge in [0.1, 0.15) is 0 Å². The lowest BCUT2D eigenvalue weighted by Crippen LogP contribution is -2.43. The fourth-order valence-electron chi connectivity index (χ4n) is 2.93. The first-order valence-corrected chi connectivity index (χ1v) is 7.18. The van der Waals surface area contributed by atoms with Crippen LogP contribution in [0.25, 0.3) is 5.65 Å². The number of hydrogen-bond donors (Lipinski definition) is 1. The molecule has 1 atom stereocenters. The first kappa shape index (κ1) is 15.2. The van der Waals surface area contributed by atoms with E-state index in [0.29, 0.717) is 32.5 Å². The minimum atomic E-state index is -4.53. The van der Waals surface area contributed by atoms with Gasteiger partial charge >= 0.3 is 6.18 Å². The summed E-state index contributed by atoms with van der Waals surface area (Å²) in [6.45, 7) is 1.70. The zero-order chi connectivity index (χ0) is 15.7. The average molecular weight is 314 g/mol. The van der Waals surface area contributed by atoms with Gasteiger partial charge in [0.15, 0.2) is 11.8 Å². The van der Waals surface area contributed by atoms with Gasteiger partial charge in [0.05, 0.1) is 18.1 Å². The molecular formula is C14H17F3N4O. The van der Waals surface area contributed by atoms with Crippen LogP contribution in [0.15, 0.2) is 24.8 Å². The van der Waals surface area contributed by atoms with Crippen molar-refractivity contribution in [1.82, 2.24) is 19.3 Å². The van der Waals surface area contributed by atoms with E-state index >= 15 is 0 Å². The first-order chi connectivity index (χ1) is 10.4. The van der Waals surface area contributed by atoms with Gasteiger partial charge in [-0.3, -0.25) is 14.3 Å². The summed E-state index contributed by atoms with van der Waals surface area (Å²) in [7, 11) is 0. The van der Waals surface area contributed by atoms with E-state index in [1.54, 1.807) is 18.6 Å². The summed E-state index contributed by atoms with van der Waals surface area (Å²) in [6.07, 6.45) is 0.862. The highest BCUT2D eigenvalue weighted by molar-refractivity contribution is 5.36. The van der Waals surface area contributed by atoms with Crippen LogP contribution < -0.4 is 0 Å². The second kappa shape index (κ2) is 5.85. The molecular weight excluding hydrogens is 297 g/mol. The maximum absolute atomic E-state index is 12.5. The van der Waals surface area contributed by atoms with Gasteiger partial charge in [-0.2, -0.15) is 13.2 Å². The molecule has 8 heteroatoms. The average Bonchev–Trinajstić information content (AvgIpc) is 2.90. The van der Waals surface area contributed by atoms with Crippen molar-refractivity contribution in [3.05, 3.63) is 30.5 Å². The molecule has 1 fully saturated rings. The summed E-state index contributed by atoms with van der Waals surface area (Å²) < 4.78 is 39.5. The second-order valence-corrected chi connectivity index (χ2v) is 5.65. The first-order valence-electron chi connectivity index (χ1n) is 7.18. The molecule has 120 valence electrons. The SMILES string of the molecule is OC(C1CCN(Cc2cnc3cnccn23)CC1)C(F)(F)F. The highest BCUT2D eigenvalue weighted by Crippen LogP contribution is 2.31.